The summed E-state index contributed by atoms with van der Waals surface area (Å²) >= 11 is 3.18. The Morgan fingerprint density at radius 1 is 1.30 bits per heavy atom. The Balaban J connectivity index is 2.32. The maximum atomic E-state index is 14.4. The number of rotatable bonds is 4. The van der Waals surface area contributed by atoms with Gasteiger partial charge in [-0.3, -0.25) is 0 Å². The highest BCUT2D eigenvalue weighted by Gasteiger charge is 2.33. The van der Waals surface area contributed by atoms with E-state index in [2.05, 4.69) is 35.1 Å². The quantitative estimate of drug-likeness (QED) is 0.768. The van der Waals surface area contributed by atoms with Crippen LogP contribution in [0.15, 0.2) is 16.6 Å². The first-order chi connectivity index (χ1) is 9.54. The van der Waals surface area contributed by atoms with E-state index in [0.29, 0.717) is 16.3 Å². The van der Waals surface area contributed by atoms with E-state index >= 15 is 0 Å². The molecule has 0 aromatic heterocycles. The van der Waals surface area contributed by atoms with Crippen molar-refractivity contribution in [3.8, 4) is 0 Å². The molecule has 4 heteroatoms. The lowest BCUT2D eigenvalue weighted by Gasteiger charge is -2.36. The summed E-state index contributed by atoms with van der Waals surface area (Å²) in [4.78, 5) is 0. The second-order valence-electron chi connectivity index (χ2n) is 5.85. The molecule has 2 rings (SSSR count). The third-order valence-corrected chi connectivity index (χ3v) is 4.97. The second kappa shape index (κ2) is 6.99. The summed E-state index contributed by atoms with van der Waals surface area (Å²) in [5.41, 5.74) is 0.272. The van der Waals surface area contributed by atoms with Gasteiger partial charge in [0.05, 0.1) is 4.47 Å². The highest BCUT2D eigenvalue weighted by Crippen LogP contribution is 2.43. The van der Waals surface area contributed by atoms with E-state index in [1.54, 1.807) is 0 Å². The fourth-order valence-electron chi connectivity index (χ4n) is 3.25. The normalized spacial score (nSPS) is 26.8. The number of hydrogen-bond acceptors (Lipinski definition) is 1. The fraction of sp³-hybridized carbons (Fsp3) is 0.625. The summed E-state index contributed by atoms with van der Waals surface area (Å²) < 4.78 is 28.9. The predicted molar refractivity (Wildman–Crippen MR) is 81.8 cm³/mol. The number of hydrogen-bond donors (Lipinski definition) is 1. The van der Waals surface area contributed by atoms with Crippen molar-refractivity contribution in [2.45, 2.75) is 39.0 Å². The van der Waals surface area contributed by atoms with Crippen molar-refractivity contribution < 1.29 is 8.78 Å². The predicted octanol–water partition coefficient (Wildman–Crippen LogP) is 4.86. The van der Waals surface area contributed by atoms with Gasteiger partial charge in [-0.25, -0.2) is 8.78 Å². The van der Waals surface area contributed by atoms with Gasteiger partial charge in [0.1, 0.15) is 11.6 Å². The van der Waals surface area contributed by atoms with Crippen LogP contribution in [0, 0.1) is 23.5 Å². The molecule has 0 radical (unpaired) electrons. The Kier molecular flexibility index (Phi) is 5.56. The SMILES string of the molecule is CCNCC1CCC(C)CC1c1c(F)ccc(Br)c1F. The van der Waals surface area contributed by atoms with Gasteiger partial charge in [0.25, 0.3) is 0 Å². The van der Waals surface area contributed by atoms with E-state index in [1.807, 2.05) is 0 Å². The Morgan fingerprint density at radius 3 is 2.75 bits per heavy atom. The lowest BCUT2D eigenvalue weighted by atomic mass is 9.71. The van der Waals surface area contributed by atoms with Crippen LogP contribution < -0.4 is 5.32 Å². The minimum atomic E-state index is -0.425. The standard InChI is InChI=1S/C16H22BrF2N/c1-3-20-9-11-5-4-10(2)8-12(11)15-14(18)7-6-13(17)16(15)19/h6-7,10-12,20H,3-5,8-9H2,1-2H3. The maximum Gasteiger partial charge on any atom is 0.143 e. The number of benzene rings is 1. The molecule has 112 valence electrons. The van der Waals surface area contributed by atoms with Crippen LogP contribution in [0.25, 0.3) is 0 Å². The Hall–Kier alpha value is -0.480. The summed E-state index contributed by atoms with van der Waals surface area (Å²) in [6.45, 7) is 5.95. The van der Waals surface area contributed by atoms with Crippen LogP contribution in [-0.2, 0) is 0 Å². The molecule has 0 spiro atoms. The molecule has 20 heavy (non-hydrogen) atoms. The highest BCUT2D eigenvalue weighted by atomic mass is 79.9. The molecule has 1 nitrogen and oxygen atoms in total. The van der Waals surface area contributed by atoms with Crippen LogP contribution in [0.3, 0.4) is 0 Å². The van der Waals surface area contributed by atoms with E-state index in [0.717, 1.165) is 32.4 Å². The van der Waals surface area contributed by atoms with E-state index in [4.69, 9.17) is 0 Å². The van der Waals surface area contributed by atoms with Crippen LogP contribution in [0.1, 0.15) is 44.6 Å². The summed E-state index contributed by atoms with van der Waals surface area (Å²) in [5, 5.41) is 3.33. The van der Waals surface area contributed by atoms with Gasteiger partial charge in [-0.15, -0.1) is 0 Å². The van der Waals surface area contributed by atoms with Crippen LogP contribution >= 0.6 is 15.9 Å². The van der Waals surface area contributed by atoms with Gasteiger partial charge in [0, 0.05) is 5.56 Å². The molecular weight excluding hydrogens is 324 g/mol. The van der Waals surface area contributed by atoms with E-state index < -0.39 is 11.6 Å². The lowest BCUT2D eigenvalue weighted by Crippen LogP contribution is -2.32. The lowest BCUT2D eigenvalue weighted by molar-refractivity contribution is 0.234. The molecule has 1 aliphatic carbocycles. The monoisotopic (exact) mass is 345 g/mol. The van der Waals surface area contributed by atoms with Crippen molar-refractivity contribution in [2.75, 3.05) is 13.1 Å². The topological polar surface area (TPSA) is 12.0 Å². The smallest absolute Gasteiger partial charge is 0.143 e. The molecule has 1 fully saturated rings. The molecule has 1 aliphatic rings. The molecule has 0 aliphatic heterocycles. The molecule has 1 saturated carbocycles. The van der Waals surface area contributed by atoms with Crippen molar-refractivity contribution >= 4 is 15.9 Å². The van der Waals surface area contributed by atoms with Gasteiger partial charge in [-0.2, -0.15) is 0 Å². The number of nitrogens with one attached hydrogen (secondary N) is 1. The maximum absolute atomic E-state index is 14.4. The van der Waals surface area contributed by atoms with Gasteiger partial charge in [0.2, 0.25) is 0 Å². The summed E-state index contributed by atoms with van der Waals surface area (Å²) in [5.74, 6) is -0.0349. The van der Waals surface area contributed by atoms with Crippen molar-refractivity contribution in [3.05, 3.63) is 33.8 Å². The van der Waals surface area contributed by atoms with Gasteiger partial charge in [-0.05, 0) is 71.7 Å². The van der Waals surface area contributed by atoms with Crippen molar-refractivity contribution in [2.24, 2.45) is 11.8 Å². The van der Waals surface area contributed by atoms with Crippen molar-refractivity contribution in [1.29, 1.82) is 0 Å². The first kappa shape index (κ1) is 15.9. The minimum Gasteiger partial charge on any atom is -0.317 e. The van der Waals surface area contributed by atoms with Crippen LogP contribution in [-0.4, -0.2) is 13.1 Å². The average molecular weight is 346 g/mol. The molecule has 0 bridgehead atoms. The van der Waals surface area contributed by atoms with E-state index in [1.165, 1.54) is 12.1 Å². The molecule has 3 unspecified atom stereocenters. The Bertz CT molecular complexity index is 462. The highest BCUT2D eigenvalue weighted by molar-refractivity contribution is 9.10. The summed E-state index contributed by atoms with van der Waals surface area (Å²) in [7, 11) is 0. The Labute approximate surface area is 128 Å². The van der Waals surface area contributed by atoms with Crippen molar-refractivity contribution in [3.63, 3.8) is 0 Å². The van der Waals surface area contributed by atoms with Gasteiger partial charge < -0.3 is 5.32 Å². The van der Waals surface area contributed by atoms with E-state index in [9.17, 15) is 8.78 Å². The third kappa shape index (κ3) is 3.40. The largest absolute Gasteiger partial charge is 0.317 e. The first-order valence-corrected chi connectivity index (χ1v) is 8.18. The van der Waals surface area contributed by atoms with Gasteiger partial charge in [-0.1, -0.05) is 20.3 Å². The molecule has 3 atom stereocenters. The summed E-state index contributed by atoms with van der Waals surface area (Å²) in [6.07, 6.45) is 3.04. The third-order valence-electron chi connectivity index (χ3n) is 4.36. The molecule has 1 aromatic carbocycles. The van der Waals surface area contributed by atoms with Crippen LogP contribution in [0.5, 0.6) is 0 Å². The molecular formula is C16H22BrF2N. The first-order valence-electron chi connectivity index (χ1n) is 7.38. The van der Waals surface area contributed by atoms with E-state index in [-0.39, 0.29) is 11.5 Å². The molecule has 1 aromatic rings. The summed E-state index contributed by atoms with van der Waals surface area (Å²) in [6, 6.07) is 2.81. The number of halogens is 3. The zero-order valence-electron chi connectivity index (χ0n) is 12.1. The van der Waals surface area contributed by atoms with Gasteiger partial charge in [0.15, 0.2) is 0 Å². The van der Waals surface area contributed by atoms with Crippen LogP contribution in [0.4, 0.5) is 8.78 Å². The molecule has 1 N–H and O–H groups in total. The fourth-order valence-corrected chi connectivity index (χ4v) is 3.60. The zero-order chi connectivity index (χ0) is 14.7. The zero-order valence-corrected chi connectivity index (χ0v) is 13.6. The van der Waals surface area contributed by atoms with Crippen molar-refractivity contribution in [1.82, 2.24) is 5.32 Å². The minimum absolute atomic E-state index is 0.0321. The van der Waals surface area contributed by atoms with Gasteiger partial charge >= 0.3 is 0 Å². The molecule has 0 amide bonds. The Morgan fingerprint density at radius 2 is 2.05 bits per heavy atom. The average Bonchev–Trinajstić information content (AvgIpc) is 2.42. The molecule has 0 saturated heterocycles. The van der Waals surface area contributed by atoms with Crippen LogP contribution in [0.2, 0.25) is 0 Å². The molecule has 0 heterocycles. The second-order valence-corrected chi connectivity index (χ2v) is 6.70.